The monoisotopic (exact) mass is 436 g/mol. The van der Waals surface area contributed by atoms with E-state index in [0.717, 1.165) is 57.8 Å². The lowest BCUT2D eigenvalue weighted by atomic mass is 9.93. The molecule has 0 aliphatic carbocycles. The van der Waals surface area contributed by atoms with Gasteiger partial charge in [0.05, 0.1) is 24.4 Å². The Bertz CT molecular complexity index is 1490. The van der Waals surface area contributed by atoms with Gasteiger partial charge in [0.1, 0.15) is 5.82 Å². The van der Waals surface area contributed by atoms with Crippen LogP contribution >= 0.6 is 0 Å². The highest BCUT2D eigenvalue weighted by Crippen LogP contribution is 2.36. The number of morpholine rings is 1. The SMILES string of the molecule is Cc1cccc(-c2nnc3ccccn23)c1-c1ccc2nc(N)c(N3CCOCC3)cc2c1. The Morgan fingerprint density at radius 3 is 2.70 bits per heavy atom. The second kappa shape index (κ2) is 7.86. The van der Waals surface area contributed by atoms with Crippen molar-refractivity contribution in [2.24, 2.45) is 0 Å². The molecule has 7 nitrogen and oxygen atoms in total. The number of nitrogens with two attached hydrogens (primary N) is 1. The van der Waals surface area contributed by atoms with Crippen LogP contribution in [0.25, 0.3) is 39.1 Å². The molecule has 7 heteroatoms. The number of rotatable bonds is 3. The predicted molar refractivity (Wildman–Crippen MR) is 131 cm³/mol. The van der Waals surface area contributed by atoms with Gasteiger partial charge < -0.3 is 15.4 Å². The maximum Gasteiger partial charge on any atom is 0.168 e. The third-order valence-electron chi connectivity index (χ3n) is 6.29. The maximum atomic E-state index is 6.32. The van der Waals surface area contributed by atoms with Gasteiger partial charge in [0, 0.05) is 30.2 Å². The molecule has 1 aliphatic rings. The van der Waals surface area contributed by atoms with Gasteiger partial charge in [-0.25, -0.2) is 4.98 Å². The Morgan fingerprint density at radius 1 is 0.939 bits per heavy atom. The first-order chi connectivity index (χ1) is 16.2. The molecule has 0 bridgehead atoms. The lowest BCUT2D eigenvalue weighted by Gasteiger charge is -2.29. The van der Waals surface area contributed by atoms with E-state index in [0.29, 0.717) is 19.0 Å². The number of ether oxygens (including phenoxy) is 1. The smallest absolute Gasteiger partial charge is 0.168 e. The van der Waals surface area contributed by atoms with E-state index < -0.39 is 0 Å². The van der Waals surface area contributed by atoms with Crippen LogP contribution in [0.3, 0.4) is 0 Å². The zero-order valence-electron chi connectivity index (χ0n) is 18.4. The van der Waals surface area contributed by atoms with E-state index in [9.17, 15) is 0 Å². The summed E-state index contributed by atoms with van der Waals surface area (Å²) in [6.45, 7) is 5.18. The highest BCUT2D eigenvalue weighted by molar-refractivity contribution is 5.93. The minimum absolute atomic E-state index is 0.559. The van der Waals surface area contributed by atoms with Gasteiger partial charge in [0.25, 0.3) is 0 Å². The minimum Gasteiger partial charge on any atom is -0.382 e. The summed E-state index contributed by atoms with van der Waals surface area (Å²) >= 11 is 0. The van der Waals surface area contributed by atoms with E-state index in [1.165, 1.54) is 5.56 Å². The second-order valence-electron chi connectivity index (χ2n) is 8.35. The predicted octanol–water partition coefficient (Wildman–Crippen LogP) is 4.34. The standard InChI is InChI=1S/C26H24N6O/c1-17-5-4-6-20(26-30-29-23-7-2-3-10-32(23)26)24(17)18-8-9-21-19(15-18)16-22(25(27)28-21)31-11-13-33-14-12-31/h2-10,15-16H,11-14H2,1H3,(H2,27,28). The van der Waals surface area contributed by atoms with Gasteiger partial charge in [-0.05, 0) is 53.9 Å². The van der Waals surface area contributed by atoms with Gasteiger partial charge in [0.2, 0.25) is 0 Å². The first kappa shape index (κ1) is 19.7. The van der Waals surface area contributed by atoms with E-state index in [1.54, 1.807) is 0 Å². The molecule has 2 aromatic carbocycles. The molecule has 1 aliphatic heterocycles. The fourth-order valence-corrected chi connectivity index (χ4v) is 4.66. The molecule has 0 saturated carbocycles. The molecule has 33 heavy (non-hydrogen) atoms. The Kier molecular flexibility index (Phi) is 4.69. The molecule has 0 radical (unpaired) electrons. The molecular weight excluding hydrogens is 412 g/mol. The van der Waals surface area contributed by atoms with Gasteiger partial charge in [0.15, 0.2) is 11.5 Å². The quantitative estimate of drug-likeness (QED) is 0.453. The Hall–Kier alpha value is -3.97. The van der Waals surface area contributed by atoms with Gasteiger partial charge >= 0.3 is 0 Å². The number of pyridine rings is 2. The van der Waals surface area contributed by atoms with Crippen LogP contribution in [-0.2, 0) is 4.74 Å². The van der Waals surface area contributed by atoms with Crippen molar-refractivity contribution in [1.29, 1.82) is 0 Å². The summed E-state index contributed by atoms with van der Waals surface area (Å²) in [5.74, 6) is 1.39. The van der Waals surface area contributed by atoms with Crippen molar-refractivity contribution in [2.45, 2.75) is 6.92 Å². The molecule has 164 valence electrons. The van der Waals surface area contributed by atoms with Crippen LogP contribution in [0.2, 0.25) is 0 Å². The van der Waals surface area contributed by atoms with Crippen LogP contribution in [0.4, 0.5) is 11.5 Å². The Balaban J connectivity index is 1.51. The van der Waals surface area contributed by atoms with Crippen LogP contribution in [0, 0.1) is 6.92 Å². The van der Waals surface area contributed by atoms with Crippen LogP contribution in [-0.4, -0.2) is 45.9 Å². The molecule has 0 unspecified atom stereocenters. The Morgan fingerprint density at radius 2 is 1.82 bits per heavy atom. The third-order valence-corrected chi connectivity index (χ3v) is 6.29. The van der Waals surface area contributed by atoms with E-state index in [4.69, 9.17) is 15.5 Å². The summed E-state index contributed by atoms with van der Waals surface area (Å²) in [4.78, 5) is 6.94. The van der Waals surface area contributed by atoms with Crippen molar-refractivity contribution >= 4 is 28.1 Å². The van der Waals surface area contributed by atoms with Crippen molar-refractivity contribution < 1.29 is 4.74 Å². The molecule has 1 fully saturated rings. The van der Waals surface area contributed by atoms with Crippen molar-refractivity contribution in [3.63, 3.8) is 0 Å². The summed E-state index contributed by atoms with van der Waals surface area (Å²) in [6.07, 6.45) is 2.00. The van der Waals surface area contributed by atoms with Gasteiger partial charge in [-0.1, -0.05) is 30.3 Å². The summed E-state index contributed by atoms with van der Waals surface area (Å²) in [5, 5.41) is 9.92. The van der Waals surface area contributed by atoms with Crippen LogP contribution in [0.1, 0.15) is 5.56 Å². The van der Waals surface area contributed by atoms with E-state index in [1.807, 2.05) is 34.9 Å². The highest BCUT2D eigenvalue weighted by atomic mass is 16.5. The molecule has 4 heterocycles. The summed E-state index contributed by atoms with van der Waals surface area (Å²) in [6, 6.07) is 20.7. The molecule has 3 aromatic heterocycles. The molecule has 0 amide bonds. The topological polar surface area (TPSA) is 81.6 Å². The normalized spacial score (nSPS) is 14.3. The van der Waals surface area contributed by atoms with Crippen molar-refractivity contribution in [3.05, 3.63) is 72.4 Å². The number of aromatic nitrogens is 4. The fraction of sp³-hybridized carbons (Fsp3) is 0.192. The number of benzene rings is 2. The number of nitrogens with zero attached hydrogens (tertiary/aromatic N) is 5. The van der Waals surface area contributed by atoms with Crippen molar-refractivity contribution in [3.8, 4) is 22.5 Å². The maximum absolute atomic E-state index is 6.32. The average molecular weight is 437 g/mol. The number of hydrogen-bond donors (Lipinski definition) is 1. The molecule has 2 N–H and O–H groups in total. The summed E-state index contributed by atoms with van der Waals surface area (Å²) in [5.41, 5.74) is 13.5. The zero-order chi connectivity index (χ0) is 22.4. The van der Waals surface area contributed by atoms with E-state index in [2.05, 4.69) is 58.4 Å². The summed E-state index contributed by atoms with van der Waals surface area (Å²) in [7, 11) is 0. The van der Waals surface area contributed by atoms with Gasteiger partial charge in [-0.2, -0.15) is 0 Å². The third kappa shape index (κ3) is 3.37. The zero-order valence-corrected chi connectivity index (χ0v) is 18.4. The number of anilines is 2. The largest absolute Gasteiger partial charge is 0.382 e. The lowest BCUT2D eigenvalue weighted by Crippen LogP contribution is -2.36. The Labute approximate surface area is 191 Å². The number of hydrogen-bond acceptors (Lipinski definition) is 6. The molecule has 0 spiro atoms. The second-order valence-corrected chi connectivity index (χ2v) is 8.35. The lowest BCUT2D eigenvalue weighted by molar-refractivity contribution is 0.123. The number of fused-ring (bicyclic) bond motifs is 2. The van der Waals surface area contributed by atoms with Crippen LogP contribution in [0.5, 0.6) is 0 Å². The van der Waals surface area contributed by atoms with Gasteiger partial charge in [-0.15, -0.1) is 10.2 Å². The number of aryl methyl sites for hydroxylation is 1. The van der Waals surface area contributed by atoms with Gasteiger partial charge in [-0.3, -0.25) is 4.40 Å². The first-order valence-corrected chi connectivity index (χ1v) is 11.1. The van der Waals surface area contributed by atoms with Crippen molar-refractivity contribution in [1.82, 2.24) is 19.6 Å². The molecule has 0 atom stereocenters. The first-order valence-electron chi connectivity index (χ1n) is 11.1. The minimum atomic E-state index is 0.559. The van der Waals surface area contributed by atoms with E-state index in [-0.39, 0.29) is 0 Å². The molecular formula is C26H24N6O. The van der Waals surface area contributed by atoms with Crippen LogP contribution in [0.15, 0.2) is 66.9 Å². The summed E-state index contributed by atoms with van der Waals surface area (Å²) < 4.78 is 7.53. The molecule has 1 saturated heterocycles. The molecule has 6 rings (SSSR count). The van der Waals surface area contributed by atoms with Crippen LogP contribution < -0.4 is 10.6 Å². The average Bonchev–Trinajstić information content (AvgIpc) is 3.28. The fourth-order valence-electron chi connectivity index (χ4n) is 4.66. The highest BCUT2D eigenvalue weighted by Gasteiger charge is 2.18. The van der Waals surface area contributed by atoms with E-state index >= 15 is 0 Å². The van der Waals surface area contributed by atoms with Crippen molar-refractivity contribution in [2.75, 3.05) is 36.9 Å². The molecule has 5 aromatic rings. The number of nitrogen functional groups attached to an aromatic ring is 1.